The molecular weight excluding hydrogens is 299 g/mol. The molecule has 2 N–H and O–H groups in total. The van der Waals surface area contributed by atoms with Crippen LogP contribution in [0.25, 0.3) is 0 Å². The molecule has 0 aliphatic carbocycles. The predicted molar refractivity (Wildman–Crippen MR) is 84.1 cm³/mol. The monoisotopic (exact) mass is 314 g/mol. The van der Waals surface area contributed by atoms with E-state index in [1.54, 1.807) is 38.1 Å². The van der Waals surface area contributed by atoms with Gasteiger partial charge in [-0.15, -0.1) is 0 Å². The van der Waals surface area contributed by atoms with E-state index < -0.39 is 17.3 Å². The van der Waals surface area contributed by atoms with E-state index >= 15 is 0 Å². The van der Waals surface area contributed by atoms with Gasteiger partial charge in [-0.25, -0.2) is 4.39 Å². The summed E-state index contributed by atoms with van der Waals surface area (Å²) in [6.07, 6.45) is 0. The van der Waals surface area contributed by atoms with Crippen molar-refractivity contribution in [2.75, 3.05) is 10.6 Å². The van der Waals surface area contributed by atoms with Crippen LogP contribution >= 0.6 is 0 Å². The second kappa shape index (κ2) is 5.39. The van der Waals surface area contributed by atoms with Crippen LogP contribution in [0.4, 0.5) is 15.8 Å². The van der Waals surface area contributed by atoms with Gasteiger partial charge in [-0.3, -0.25) is 9.59 Å². The van der Waals surface area contributed by atoms with Crippen molar-refractivity contribution in [3.8, 4) is 5.75 Å². The van der Waals surface area contributed by atoms with Gasteiger partial charge in [-0.05, 0) is 44.2 Å². The van der Waals surface area contributed by atoms with E-state index in [4.69, 9.17) is 4.74 Å². The Hall–Kier alpha value is -2.89. The van der Waals surface area contributed by atoms with Gasteiger partial charge >= 0.3 is 0 Å². The zero-order valence-electron chi connectivity index (χ0n) is 12.6. The molecule has 2 aromatic rings. The number of carbonyl (C=O) groups is 2. The number of amides is 2. The fourth-order valence-corrected chi connectivity index (χ4v) is 2.23. The van der Waals surface area contributed by atoms with Crippen molar-refractivity contribution in [1.82, 2.24) is 0 Å². The lowest BCUT2D eigenvalue weighted by molar-refractivity contribution is -0.129. The molecule has 0 fully saturated rings. The molecule has 0 radical (unpaired) electrons. The fraction of sp³-hybridized carbons (Fsp3) is 0.176. The molecule has 0 bridgehead atoms. The van der Waals surface area contributed by atoms with E-state index in [-0.39, 0.29) is 11.5 Å². The highest BCUT2D eigenvalue weighted by molar-refractivity contribution is 6.05. The quantitative estimate of drug-likeness (QED) is 0.894. The first-order valence-electron chi connectivity index (χ1n) is 7.07. The van der Waals surface area contributed by atoms with Crippen LogP contribution in [0.5, 0.6) is 5.75 Å². The number of nitrogens with one attached hydrogen (secondary N) is 2. The molecule has 0 atom stereocenters. The van der Waals surface area contributed by atoms with E-state index in [2.05, 4.69) is 10.6 Å². The molecule has 0 saturated heterocycles. The molecule has 6 heteroatoms. The minimum atomic E-state index is -0.953. The van der Waals surface area contributed by atoms with Gasteiger partial charge in [0.25, 0.3) is 11.8 Å². The van der Waals surface area contributed by atoms with E-state index in [9.17, 15) is 14.0 Å². The molecule has 5 nitrogen and oxygen atoms in total. The second-order valence-electron chi connectivity index (χ2n) is 5.71. The molecule has 118 valence electrons. The lowest BCUT2D eigenvalue weighted by atomic mass is 10.1. The molecule has 3 rings (SSSR count). The summed E-state index contributed by atoms with van der Waals surface area (Å²) >= 11 is 0. The largest absolute Gasteiger partial charge is 0.476 e. The highest BCUT2D eigenvalue weighted by Crippen LogP contribution is 2.35. The van der Waals surface area contributed by atoms with E-state index in [0.717, 1.165) is 0 Å². The van der Waals surface area contributed by atoms with Crippen molar-refractivity contribution in [1.29, 1.82) is 0 Å². The summed E-state index contributed by atoms with van der Waals surface area (Å²) in [5, 5.41) is 5.32. The third kappa shape index (κ3) is 2.88. The topological polar surface area (TPSA) is 67.4 Å². The predicted octanol–water partition coefficient (Wildman–Crippen LogP) is 3.19. The van der Waals surface area contributed by atoms with Crippen LogP contribution in [-0.2, 0) is 4.79 Å². The summed E-state index contributed by atoms with van der Waals surface area (Å²) in [5.41, 5.74) is -0.113. The summed E-state index contributed by atoms with van der Waals surface area (Å²) in [5.74, 6) is -0.922. The minimum Gasteiger partial charge on any atom is -0.476 e. The molecule has 1 aliphatic heterocycles. The normalized spacial score (nSPS) is 15.2. The van der Waals surface area contributed by atoms with Gasteiger partial charge in [0, 0.05) is 5.69 Å². The molecule has 0 aromatic heterocycles. The summed E-state index contributed by atoms with van der Waals surface area (Å²) in [6, 6.07) is 10.6. The summed E-state index contributed by atoms with van der Waals surface area (Å²) in [7, 11) is 0. The van der Waals surface area contributed by atoms with Crippen LogP contribution in [-0.4, -0.2) is 17.4 Å². The number of carbonyl (C=O) groups excluding carboxylic acids is 2. The summed E-state index contributed by atoms with van der Waals surface area (Å²) in [6.45, 7) is 3.33. The average molecular weight is 314 g/mol. The van der Waals surface area contributed by atoms with Gasteiger partial charge in [-0.2, -0.15) is 0 Å². The molecule has 1 aliphatic rings. The van der Waals surface area contributed by atoms with Crippen LogP contribution in [0.1, 0.15) is 24.2 Å². The second-order valence-corrected chi connectivity index (χ2v) is 5.71. The lowest BCUT2D eigenvalue weighted by Crippen LogP contribution is -2.45. The molecule has 23 heavy (non-hydrogen) atoms. The van der Waals surface area contributed by atoms with Crippen molar-refractivity contribution >= 4 is 23.2 Å². The highest BCUT2D eigenvalue weighted by Gasteiger charge is 2.35. The van der Waals surface area contributed by atoms with Crippen LogP contribution in [0.15, 0.2) is 42.5 Å². The van der Waals surface area contributed by atoms with E-state index in [0.29, 0.717) is 17.1 Å². The third-order valence-electron chi connectivity index (χ3n) is 3.52. The first-order chi connectivity index (χ1) is 10.9. The number of anilines is 2. The van der Waals surface area contributed by atoms with Crippen LogP contribution in [0, 0.1) is 5.82 Å². The number of halogens is 1. The summed E-state index contributed by atoms with van der Waals surface area (Å²) in [4.78, 5) is 24.0. The van der Waals surface area contributed by atoms with Crippen LogP contribution < -0.4 is 15.4 Å². The summed E-state index contributed by atoms with van der Waals surface area (Å²) < 4.78 is 19.2. The third-order valence-corrected chi connectivity index (χ3v) is 3.52. The van der Waals surface area contributed by atoms with Gasteiger partial charge in [-0.1, -0.05) is 12.1 Å². The molecule has 0 saturated carbocycles. The average Bonchev–Trinajstić information content (AvgIpc) is 2.49. The van der Waals surface area contributed by atoms with Gasteiger partial charge in [0.1, 0.15) is 11.6 Å². The molecular formula is C17H15FN2O3. The lowest BCUT2D eigenvalue weighted by Gasteiger charge is -2.31. The van der Waals surface area contributed by atoms with Gasteiger partial charge in [0.15, 0.2) is 5.60 Å². The van der Waals surface area contributed by atoms with Gasteiger partial charge in [0.2, 0.25) is 0 Å². The molecule has 0 spiro atoms. The fourth-order valence-electron chi connectivity index (χ4n) is 2.23. The maximum atomic E-state index is 13.6. The van der Waals surface area contributed by atoms with Crippen molar-refractivity contribution in [3.05, 3.63) is 53.8 Å². The van der Waals surface area contributed by atoms with Crippen molar-refractivity contribution in [2.45, 2.75) is 19.4 Å². The Balaban J connectivity index is 1.84. The number of benzene rings is 2. The standard InChI is InChI=1S/C17H15FN2O3/c1-17(2)16(22)20-13-9-10(7-8-14(13)23-17)19-15(21)11-5-3-4-6-12(11)18/h3-9H,1-2H3,(H,19,21)(H,20,22). The number of rotatable bonds is 2. The smallest absolute Gasteiger partial charge is 0.268 e. The molecule has 2 aromatic carbocycles. The van der Waals surface area contributed by atoms with Gasteiger partial charge in [0.05, 0.1) is 11.3 Å². The number of hydrogen-bond donors (Lipinski definition) is 2. The Labute approximate surface area is 132 Å². The van der Waals surface area contributed by atoms with E-state index in [1.165, 1.54) is 18.2 Å². The van der Waals surface area contributed by atoms with Crippen molar-refractivity contribution in [3.63, 3.8) is 0 Å². The van der Waals surface area contributed by atoms with Crippen molar-refractivity contribution in [2.24, 2.45) is 0 Å². The van der Waals surface area contributed by atoms with Crippen molar-refractivity contribution < 1.29 is 18.7 Å². The number of fused-ring (bicyclic) bond motifs is 1. The highest BCUT2D eigenvalue weighted by atomic mass is 19.1. The Morgan fingerprint density at radius 3 is 2.70 bits per heavy atom. The first-order valence-corrected chi connectivity index (χ1v) is 7.07. The minimum absolute atomic E-state index is 0.0494. The Bertz CT molecular complexity index is 802. The Morgan fingerprint density at radius 2 is 1.96 bits per heavy atom. The van der Waals surface area contributed by atoms with Gasteiger partial charge < -0.3 is 15.4 Å². The zero-order chi connectivity index (χ0) is 16.6. The number of hydrogen-bond acceptors (Lipinski definition) is 3. The Morgan fingerprint density at radius 1 is 1.22 bits per heavy atom. The Kier molecular flexibility index (Phi) is 3.52. The maximum Gasteiger partial charge on any atom is 0.268 e. The molecule has 2 amide bonds. The van der Waals surface area contributed by atoms with Crippen LogP contribution in [0.2, 0.25) is 0 Å². The van der Waals surface area contributed by atoms with E-state index in [1.807, 2.05) is 0 Å². The molecule has 0 unspecified atom stereocenters. The first kappa shape index (κ1) is 15.0. The zero-order valence-corrected chi connectivity index (χ0v) is 12.6. The maximum absolute atomic E-state index is 13.6. The van der Waals surface area contributed by atoms with Crippen LogP contribution in [0.3, 0.4) is 0 Å². The number of ether oxygens (including phenoxy) is 1. The molecule has 1 heterocycles. The SMILES string of the molecule is CC1(C)Oc2ccc(NC(=O)c3ccccc3F)cc2NC1=O.